The molecular weight excluding hydrogens is 318 g/mol. The third-order valence-corrected chi connectivity index (χ3v) is 4.39. The molecule has 0 bridgehead atoms. The molecule has 136 valence electrons. The predicted molar refractivity (Wildman–Crippen MR) is 96.5 cm³/mol. The molecule has 25 heavy (non-hydrogen) atoms. The molecule has 1 aliphatic heterocycles. The summed E-state index contributed by atoms with van der Waals surface area (Å²) in [5.41, 5.74) is 2.11. The van der Waals surface area contributed by atoms with Crippen molar-refractivity contribution in [1.82, 2.24) is 5.32 Å². The Hall–Kier alpha value is -2.30. The number of carbonyl (C=O) groups is 4. The van der Waals surface area contributed by atoms with Crippen LogP contribution in [0.5, 0.6) is 0 Å². The average Bonchev–Trinajstić information content (AvgIpc) is 2.57. The number of rotatable bonds is 4. The molecule has 1 aromatic carbocycles. The molecule has 2 atom stereocenters. The summed E-state index contributed by atoms with van der Waals surface area (Å²) < 4.78 is 0. The number of benzene rings is 1. The van der Waals surface area contributed by atoms with E-state index in [1.54, 1.807) is 12.1 Å². The van der Waals surface area contributed by atoms with Crippen molar-refractivity contribution in [2.24, 2.45) is 11.8 Å². The van der Waals surface area contributed by atoms with Crippen LogP contribution in [0.1, 0.15) is 73.2 Å². The van der Waals surface area contributed by atoms with Crippen LogP contribution in [0.25, 0.3) is 0 Å². The van der Waals surface area contributed by atoms with E-state index in [0.29, 0.717) is 24.0 Å². The normalized spacial score (nSPS) is 17.9. The van der Waals surface area contributed by atoms with Gasteiger partial charge in [0.15, 0.2) is 11.6 Å². The Morgan fingerprint density at radius 3 is 2.36 bits per heavy atom. The lowest BCUT2D eigenvalue weighted by Gasteiger charge is -2.15. The summed E-state index contributed by atoms with van der Waals surface area (Å²) in [4.78, 5) is 44.7. The quantitative estimate of drug-likeness (QED) is 0.669. The van der Waals surface area contributed by atoms with E-state index in [0.717, 1.165) is 12.0 Å². The highest BCUT2D eigenvalue weighted by atomic mass is 16.2. The Labute approximate surface area is 149 Å². The van der Waals surface area contributed by atoms with Crippen LogP contribution in [0.3, 0.4) is 0 Å². The van der Waals surface area contributed by atoms with Crippen LogP contribution in [-0.4, -0.2) is 23.4 Å². The lowest BCUT2D eigenvalue weighted by Crippen LogP contribution is -2.39. The highest BCUT2D eigenvalue weighted by Crippen LogP contribution is 2.18. The predicted octanol–water partition coefficient (Wildman–Crippen LogP) is 3.49. The SMILES string of the molecule is CC1CCC(=O)NC1=O.CC[C@@H](C)C(=O)c1ccc(C)cc1C(C)=O. The number of nitrogens with one attached hydrogen (secondary N) is 1. The van der Waals surface area contributed by atoms with Crippen molar-refractivity contribution in [2.75, 3.05) is 0 Å². The van der Waals surface area contributed by atoms with Gasteiger partial charge in [-0.1, -0.05) is 38.5 Å². The smallest absolute Gasteiger partial charge is 0.229 e. The van der Waals surface area contributed by atoms with Crippen LogP contribution in [0, 0.1) is 18.8 Å². The molecule has 1 N–H and O–H groups in total. The van der Waals surface area contributed by atoms with Gasteiger partial charge in [0, 0.05) is 29.4 Å². The molecule has 0 radical (unpaired) electrons. The molecule has 0 saturated carbocycles. The molecule has 0 aliphatic carbocycles. The van der Waals surface area contributed by atoms with Crippen molar-refractivity contribution in [3.05, 3.63) is 34.9 Å². The second-order valence-corrected chi connectivity index (χ2v) is 6.63. The zero-order chi connectivity index (χ0) is 19.1. The average molecular weight is 345 g/mol. The van der Waals surface area contributed by atoms with Gasteiger partial charge in [0.25, 0.3) is 0 Å². The number of amides is 2. The Morgan fingerprint density at radius 2 is 1.88 bits per heavy atom. The first-order valence-corrected chi connectivity index (χ1v) is 8.66. The van der Waals surface area contributed by atoms with Crippen molar-refractivity contribution in [3.8, 4) is 0 Å². The summed E-state index contributed by atoms with van der Waals surface area (Å²) in [6.07, 6.45) is 1.99. The van der Waals surface area contributed by atoms with Gasteiger partial charge < -0.3 is 0 Å². The largest absolute Gasteiger partial charge is 0.296 e. The van der Waals surface area contributed by atoms with E-state index < -0.39 is 0 Å². The van der Waals surface area contributed by atoms with E-state index in [2.05, 4.69) is 5.32 Å². The van der Waals surface area contributed by atoms with Crippen molar-refractivity contribution in [1.29, 1.82) is 0 Å². The first-order valence-electron chi connectivity index (χ1n) is 8.66. The molecule has 1 saturated heterocycles. The lowest BCUT2D eigenvalue weighted by atomic mass is 9.91. The van der Waals surface area contributed by atoms with Gasteiger partial charge in [-0.15, -0.1) is 0 Å². The number of imide groups is 1. The Kier molecular flexibility index (Phi) is 7.68. The summed E-state index contributed by atoms with van der Waals surface area (Å²) in [6.45, 7) is 9.12. The summed E-state index contributed by atoms with van der Waals surface area (Å²) >= 11 is 0. The van der Waals surface area contributed by atoms with Gasteiger partial charge in [-0.2, -0.15) is 0 Å². The van der Waals surface area contributed by atoms with Crippen molar-refractivity contribution < 1.29 is 19.2 Å². The van der Waals surface area contributed by atoms with Gasteiger partial charge in [-0.25, -0.2) is 0 Å². The number of Topliss-reactive ketones (excluding diaryl/α,β-unsaturated/α-hetero) is 2. The zero-order valence-corrected chi connectivity index (χ0v) is 15.6. The minimum Gasteiger partial charge on any atom is -0.296 e. The third kappa shape index (κ3) is 5.93. The van der Waals surface area contributed by atoms with Gasteiger partial charge in [0.2, 0.25) is 11.8 Å². The second-order valence-electron chi connectivity index (χ2n) is 6.63. The molecule has 1 aromatic rings. The van der Waals surface area contributed by atoms with Crippen molar-refractivity contribution >= 4 is 23.4 Å². The molecule has 5 heteroatoms. The number of aryl methyl sites for hydroxylation is 1. The highest BCUT2D eigenvalue weighted by Gasteiger charge is 2.21. The number of piperidine rings is 1. The Bertz CT molecular complexity index is 678. The fraction of sp³-hybridized carbons (Fsp3) is 0.500. The van der Waals surface area contributed by atoms with Crippen LogP contribution in [-0.2, 0) is 9.59 Å². The topological polar surface area (TPSA) is 80.3 Å². The summed E-state index contributed by atoms with van der Waals surface area (Å²) in [6, 6.07) is 5.43. The maximum absolute atomic E-state index is 12.1. The monoisotopic (exact) mass is 345 g/mol. The van der Waals surface area contributed by atoms with Gasteiger partial charge in [-0.3, -0.25) is 24.5 Å². The molecule has 1 fully saturated rings. The molecule has 5 nitrogen and oxygen atoms in total. The molecule has 1 unspecified atom stereocenters. The third-order valence-electron chi connectivity index (χ3n) is 4.39. The first kappa shape index (κ1) is 20.7. The summed E-state index contributed by atoms with van der Waals surface area (Å²) in [5, 5.41) is 2.25. The molecule has 2 amide bonds. The van der Waals surface area contributed by atoms with Crippen LogP contribution in [0.15, 0.2) is 18.2 Å². The molecule has 1 heterocycles. The first-order chi connectivity index (χ1) is 11.7. The van der Waals surface area contributed by atoms with Crippen LogP contribution in [0.2, 0.25) is 0 Å². The van der Waals surface area contributed by atoms with Crippen molar-refractivity contribution in [2.45, 2.75) is 53.9 Å². The number of ketones is 2. The number of hydrogen-bond donors (Lipinski definition) is 1. The second kappa shape index (κ2) is 9.25. The van der Waals surface area contributed by atoms with E-state index in [1.165, 1.54) is 6.92 Å². The number of carbonyl (C=O) groups excluding carboxylic acids is 4. The highest BCUT2D eigenvalue weighted by molar-refractivity contribution is 6.08. The summed E-state index contributed by atoms with van der Waals surface area (Å²) in [7, 11) is 0. The summed E-state index contributed by atoms with van der Waals surface area (Å²) in [5.74, 6) is -0.268. The standard InChI is InChI=1S/C14H18O2.C6H9NO2/c1-5-10(3)14(16)12-7-6-9(2)8-13(12)11(4)15;1-4-2-3-5(8)7-6(4)9/h6-8,10H,5H2,1-4H3;4H,2-3H2,1H3,(H,7,8,9)/t10-;/m1./s1. The minimum absolute atomic E-state index is 0.0164. The van der Waals surface area contributed by atoms with Crippen molar-refractivity contribution in [3.63, 3.8) is 0 Å². The minimum atomic E-state index is -0.141. The zero-order valence-electron chi connectivity index (χ0n) is 15.6. The van der Waals surface area contributed by atoms with Gasteiger partial charge in [-0.05, 0) is 32.8 Å². The van der Waals surface area contributed by atoms with Crippen LogP contribution in [0.4, 0.5) is 0 Å². The van der Waals surface area contributed by atoms with Gasteiger partial charge >= 0.3 is 0 Å². The van der Waals surface area contributed by atoms with Gasteiger partial charge in [0.05, 0.1) is 0 Å². The molecular formula is C20H27NO4. The van der Waals surface area contributed by atoms with E-state index in [-0.39, 0.29) is 35.2 Å². The Morgan fingerprint density at radius 1 is 1.24 bits per heavy atom. The van der Waals surface area contributed by atoms with E-state index in [1.807, 2.05) is 33.8 Å². The van der Waals surface area contributed by atoms with Crippen LogP contribution >= 0.6 is 0 Å². The maximum Gasteiger partial charge on any atom is 0.229 e. The molecule has 0 spiro atoms. The molecule has 0 aromatic heterocycles. The van der Waals surface area contributed by atoms with E-state index in [9.17, 15) is 19.2 Å². The fourth-order valence-electron chi connectivity index (χ4n) is 2.42. The Balaban J connectivity index is 0.000000293. The van der Waals surface area contributed by atoms with E-state index in [4.69, 9.17) is 0 Å². The van der Waals surface area contributed by atoms with E-state index >= 15 is 0 Å². The fourth-order valence-corrected chi connectivity index (χ4v) is 2.42. The lowest BCUT2D eigenvalue weighted by molar-refractivity contribution is -0.135. The van der Waals surface area contributed by atoms with Gasteiger partial charge in [0.1, 0.15) is 0 Å². The maximum atomic E-state index is 12.1. The van der Waals surface area contributed by atoms with Crippen LogP contribution < -0.4 is 5.32 Å². The molecule has 1 aliphatic rings. The molecule has 2 rings (SSSR count). The number of hydrogen-bond acceptors (Lipinski definition) is 4.